The summed E-state index contributed by atoms with van der Waals surface area (Å²) in [5, 5.41) is 0. The van der Waals surface area contributed by atoms with Crippen LogP contribution < -0.4 is 10.6 Å². The lowest BCUT2D eigenvalue weighted by molar-refractivity contribution is 0.101. The van der Waals surface area contributed by atoms with Gasteiger partial charge in [0.2, 0.25) is 0 Å². The molecule has 1 aliphatic rings. The van der Waals surface area contributed by atoms with E-state index in [1.54, 1.807) is 6.92 Å². The molecule has 3 heteroatoms. The van der Waals surface area contributed by atoms with Crippen molar-refractivity contribution in [3.63, 3.8) is 0 Å². The number of nitrogens with zero attached hydrogens (tertiary/aromatic N) is 1. The quantitative estimate of drug-likeness (QED) is 0.770. The first-order valence-corrected chi connectivity index (χ1v) is 5.63. The molecule has 1 fully saturated rings. The summed E-state index contributed by atoms with van der Waals surface area (Å²) in [5.74, 6) is 0.108. The van der Waals surface area contributed by atoms with Crippen LogP contribution in [0.1, 0.15) is 30.6 Å². The van der Waals surface area contributed by atoms with Gasteiger partial charge >= 0.3 is 0 Å². The average molecular weight is 218 g/mol. The lowest BCUT2D eigenvalue weighted by Crippen LogP contribution is -2.39. The minimum absolute atomic E-state index is 0.0841. The van der Waals surface area contributed by atoms with Crippen molar-refractivity contribution in [3.8, 4) is 0 Å². The number of hydrogen-bond donors (Lipinski definition) is 1. The summed E-state index contributed by atoms with van der Waals surface area (Å²) in [7, 11) is 0. The maximum absolute atomic E-state index is 11.1. The first-order valence-electron chi connectivity index (χ1n) is 5.63. The highest BCUT2D eigenvalue weighted by Gasteiger charge is 2.29. The fourth-order valence-electron chi connectivity index (χ4n) is 2.11. The largest absolute Gasteiger partial charge is 0.370 e. The van der Waals surface area contributed by atoms with Gasteiger partial charge in [0.25, 0.3) is 0 Å². The molecule has 0 aromatic heterocycles. The zero-order chi connectivity index (χ0) is 11.8. The molecule has 1 unspecified atom stereocenters. The summed E-state index contributed by atoms with van der Waals surface area (Å²) in [6.07, 6.45) is 1.02. The van der Waals surface area contributed by atoms with E-state index in [4.69, 9.17) is 5.73 Å². The molecule has 1 aliphatic heterocycles. The van der Waals surface area contributed by atoms with E-state index in [9.17, 15) is 4.79 Å². The molecule has 3 nitrogen and oxygen atoms in total. The molecule has 16 heavy (non-hydrogen) atoms. The van der Waals surface area contributed by atoms with Gasteiger partial charge in [-0.25, -0.2) is 0 Å². The topological polar surface area (TPSA) is 46.3 Å². The fourth-order valence-corrected chi connectivity index (χ4v) is 2.11. The Bertz CT molecular complexity index is 395. The van der Waals surface area contributed by atoms with E-state index in [2.05, 4.69) is 11.8 Å². The van der Waals surface area contributed by atoms with Crippen molar-refractivity contribution < 1.29 is 4.79 Å². The molecule has 1 aromatic rings. The number of rotatable bonds is 2. The number of benzene rings is 1. The van der Waals surface area contributed by atoms with Crippen LogP contribution in [-0.2, 0) is 0 Å². The maximum Gasteiger partial charge on any atom is 0.159 e. The van der Waals surface area contributed by atoms with E-state index >= 15 is 0 Å². The van der Waals surface area contributed by atoms with Crippen molar-refractivity contribution >= 4 is 11.5 Å². The third kappa shape index (κ3) is 2.25. The molecule has 0 amide bonds. The molecule has 1 atom stereocenters. The van der Waals surface area contributed by atoms with Crippen molar-refractivity contribution in [1.82, 2.24) is 0 Å². The summed E-state index contributed by atoms with van der Waals surface area (Å²) < 4.78 is 0. The summed E-state index contributed by atoms with van der Waals surface area (Å²) in [6, 6.07) is 7.75. The van der Waals surface area contributed by atoms with Crippen LogP contribution in [0.25, 0.3) is 0 Å². The first kappa shape index (κ1) is 11.1. The Balaban J connectivity index is 2.14. The molecule has 0 spiro atoms. The van der Waals surface area contributed by atoms with Gasteiger partial charge in [-0.1, -0.05) is 0 Å². The predicted octanol–water partition coefficient (Wildman–Crippen LogP) is 1.82. The fraction of sp³-hybridized carbons (Fsp3) is 0.462. The second kappa shape index (κ2) is 3.91. The SMILES string of the molecule is CC(=O)c1ccc(N2CCC(C)(N)C2)cc1. The molecule has 86 valence electrons. The van der Waals surface area contributed by atoms with Crippen LogP contribution in [0.2, 0.25) is 0 Å². The molecule has 0 saturated carbocycles. The number of nitrogens with two attached hydrogens (primary N) is 1. The summed E-state index contributed by atoms with van der Waals surface area (Å²) in [6.45, 7) is 5.54. The normalized spacial score (nSPS) is 24.8. The average Bonchev–Trinajstić information content (AvgIpc) is 2.59. The Morgan fingerprint density at radius 3 is 2.44 bits per heavy atom. The zero-order valence-corrected chi connectivity index (χ0v) is 9.86. The number of hydrogen-bond acceptors (Lipinski definition) is 3. The smallest absolute Gasteiger partial charge is 0.159 e. The molecule has 0 aliphatic carbocycles. The molecular weight excluding hydrogens is 200 g/mol. The summed E-state index contributed by atoms with van der Waals surface area (Å²) in [4.78, 5) is 13.4. The Hall–Kier alpha value is -1.35. The molecule has 1 aromatic carbocycles. The highest BCUT2D eigenvalue weighted by atomic mass is 16.1. The van der Waals surface area contributed by atoms with Gasteiger partial charge in [-0.3, -0.25) is 4.79 Å². The van der Waals surface area contributed by atoms with Crippen molar-refractivity contribution in [1.29, 1.82) is 0 Å². The third-order valence-electron chi connectivity index (χ3n) is 3.14. The van der Waals surface area contributed by atoms with Crippen molar-refractivity contribution in [2.45, 2.75) is 25.8 Å². The standard InChI is InChI=1S/C13H18N2O/c1-10(16)11-3-5-12(6-4-11)15-8-7-13(2,14)9-15/h3-6H,7-9,14H2,1-2H3. The van der Waals surface area contributed by atoms with Crippen LogP contribution in [0.4, 0.5) is 5.69 Å². The Morgan fingerprint density at radius 1 is 1.38 bits per heavy atom. The van der Waals surface area contributed by atoms with Crippen LogP contribution in [-0.4, -0.2) is 24.4 Å². The van der Waals surface area contributed by atoms with Gasteiger partial charge in [0.1, 0.15) is 0 Å². The van der Waals surface area contributed by atoms with Gasteiger partial charge in [0.05, 0.1) is 0 Å². The third-order valence-corrected chi connectivity index (χ3v) is 3.14. The van der Waals surface area contributed by atoms with E-state index in [1.165, 1.54) is 0 Å². The van der Waals surface area contributed by atoms with Gasteiger partial charge in [-0.15, -0.1) is 0 Å². The number of carbonyl (C=O) groups excluding carboxylic acids is 1. The molecular formula is C13H18N2O. The van der Waals surface area contributed by atoms with Crippen molar-refractivity contribution in [2.24, 2.45) is 5.73 Å². The second-order valence-electron chi connectivity index (χ2n) is 4.93. The number of ketones is 1. The van der Waals surface area contributed by atoms with Crippen molar-refractivity contribution in [3.05, 3.63) is 29.8 Å². The molecule has 0 bridgehead atoms. The zero-order valence-electron chi connectivity index (χ0n) is 9.86. The molecule has 0 radical (unpaired) electrons. The Morgan fingerprint density at radius 2 is 2.00 bits per heavy atom. The summed E-state index contributed by atoms with van der Waals surface area (Å²) in [5.41, 5.74) is 7.92. The van der Waals surface area contributed by atoms with Crippen molar-refractivity contribution in [2.75, 3.05) is 18.0 Å². The minimum atomic E-state index is -0.0841. The summed E-state index contributed by atoms with van der Waals surface area (Å²) >= 11 is 0. The lowest BCUT2D eigenvalue weighted by Gasteiger charge is -2.21. The Kier molecular flexibility index (Phi) is 2.72. The molecule has 2 rings (SSSR count). The van der Waals surface area contributed by atoms with E-state index in [-0.39, 0.29) is 11.3 Å². The monoisotopic (exact) mass is 218 g/mol. The molecule has 1 heterocycles. The molecule has 1 saturated heterocycles. The van der Waals surface area contributed by atoms with Gasteiger partial charge in [-0.05, 0) is 44.5 Å². The van der Waals surface area contributed by atoms with Crippen LogP contribution in [0, 0.1) is 0 Å². The van der Waals surface area contributed by atoms with Crippen LogP contribution >= 0.6 is 0 Å². The van der Waals surface area contributed by atoms with Gasteiger partial charge in [-0.2, -0.15) is 0 Å². The predicted molar refractivity (Wildman–Crippen MR) is 65.9 cm³/mol. The first-order chi connectivity index (χ1) is 7.48. The number of carbonyl (C=O) groups is 1. The Labute approximate surface area is 96.2 Å². The van der Waals surface area contributed by atoms with Gasteiger partial charge in [0.15, 0.2) is 5.78 Å². The van der Waals surface area contributed by atoms with Crippen LogP contribution in [0.3, 0.4) is 0 Å². The lowest BCUT2D eigenvalue weighted by atomic mass is 10.0. The van der Waals surface area contributed by atoms with Crippen LogP contribution in [0.5, 0.6) is 0 Å². The maximum atomic E-state index is 11.1. The minimum Gasteiger partial charge on any atom is -0.370 e. The highest BCUT2D eigenvalue weighted by Crippen LogP contribution is 2.25. The van der Waals surface area contributed by atoms with Crippen LogP contribution in [0.15, 0.2) is 24.3 Å². The van der Waals surface area contributed by atoms with E-state index in [1.807, 2.05) is 24.3 Å². The number of anilines is 1. The van der Waals surface area contributed by atoms with E-state index < -0.39 is 0 Å². The molecule has 2 N–H and O–H groups in total. The van der Waals surface area contributed by atoms with E-state index in [0.29, 0.717) is 0 Å². The van der Waals surface area contributed by atoms with Gasteiger partial charge in [0, 0.05) is 29.9 Å². The van der Waals surface area contributed by atoms with E-state index in [0.717, 1.165) is 30.8 Å². The second-order valence-corrected chi connectivity index (χ2v) is 4.93. The van der Waals surface area contributed by atoms with Gasteiger partial charge < -0.3 is 10.6 Å². The highest BCUT2D eigenvalue weighted by molar-refractivity contribution is 5.94. The number of Topliss-reactive ketones (excluding diaryl/α,β-unsaturated/α-hetero) is 1.